The number of para-hydroxylation sites is 1. The van der Waals surface area contributed by atoms with Crippen LogP contribution in [0.4, 0.5) is 4.39 Å². The van der Waals surface area contributed by atoms with Crippen LogP contribution in [0.25, 0.3) is 23.0 Å². The summed E-state index contributed by atoms with van der Waals surface area (Å²) in [6, 6.07) is 23.9. The fourth-order valence-corrected chi connectivity index (χ4v) is 5.37. The molecule has 0 saturated carbocycles. The molecule has 1 saturated heterocycles. The van der Waals surface area contributed by atoms with Crippen molar-refractivity contribution in [1.29, 1.82) is 0 Å². The monoisotopic (exact) mass is 543 g/mol. The van der Waals surface area contributed by atoms with Gasteiger partial charge in [0, 0.05) is 29.4 Å². The Morgan fingerprint density at radius 3 is 2.50 bits per heavy atom. The van der Waals surface area contributed by atoms with E-state index in [9.17, 15) is 9.18 Å². The summed E-state index contributed by atoms with van der Waals surface area (Å²) >= 11 is 6.81. The van der Waals surface area contributed by atoms with Gasteiger partial charge in [0.15, 0.2) is 0 Å². The van der Waals surface area contributed by atoms with Crippen LogP contribution in [-0.4, -0.2) is 31.5 Å². The molecule has 8 heteroatoms. The van der Waals surface area contributed by atoms with Gasteiger partial charge in [-0.05, 0) is 55.0 Å². The molecule has 0 aliphatic carbocycles. The third-order valence-electron chi connectivity index (χ3n) is 6.14. The molecule has 1 aliphatic heterocycles. The molecular weight excluding hydrogens is 517 g/mol. The fourth-order valence-electron chi connectivity index (χ4n) is 4.07. The van der Waals surface area contributed by atoms with Crippen LogP contribution in [0.5, 0.6) is 5.75 Å². The third-order valence-corrected chi connectivity index (χ3v) is 7.52. The van der Waals surface area contributed by atoms with Crippen LogP contribution in [-0.2, 0) is 11.4 Å². The minimum absolute atomic E-state index is 0.0660. The van der Waals surface area contributed by atoms with E-state index in [0.29, 0.717) is 27.1 Å². The molecule has 5 nitrogen and oxygen atoms in total. The predicted molar refractivity (Wildman–Crippen MR) is 155 cm³/mol. The number of hydrogen-bond donors (Lipinski definition) is 0. The van der Waals surface area contributed by atoms with Crippen LogP contribution in [0.15, 0.2) is 90.0 Å². The number of rotatable bonds is 9. The maximum Gasteiger partial charge on any atom is 0.266 e. The van der Waals surface area contributed by atoms with Crippen LogP contribution >= 0.6 is 24.0 Å². The second-order valence-corrected chi connectivity index (χ2v) is 10.5. The summed E-state index contributed by atoms with van der Waals surface area (Å²) in [5, 5.41) is 4.85. The molecular formula is C30H26FN3O2S2. The lowest BCUT2D eigenvalue weighted by atomic mass is 10.1. The van der Waals surface area contributed by atoms with Crippen LogP contribution in [0.2, 0.25) is 0 Å². The number of thiocarbonyl (C=S) groups is 1. The van der Waals surface area contributed by atoms with Crippen molar-refractivity contribution in [3.8, 4) is 22.7 Å². The van der Waals surface area contributed by atoms with E-state index in [1.165, 1.54) is 17.8 Å². The highest BCUT2D eigenvalue weighted by Crippen LogP contribution is 2.35. The summed E-state index contributed by atoms with van der Waals surface area (Å²) in [6.07, 6.45) is 5.69. The molecule has 4 aromatic rings. The van der Waals surface area contributed by atoms with E-state index < -0.39 is 0 Å². The van der Waals surface area contributed by atoms with Gasteiger partial charge in [0.25, 0.3) is 5.91 Å². The normalized spacial score (nSPS) is 14.5. The number of nitrogens with zero attached hydrogens (tertiary/aromatic N) is 3. The van der Waals surface area contributed by atoms with Crippen LogP contribution in [0.1, 0.15) is 30.9 Å². The first-order chi connectivity index (χ1) is 18.5. The van der Waals surface area contributed by atoms with Crippen molar-refractivity contribution in [2.45, 2.75) is 26.4 Å². The number of unbranched alkanes of at least 4 members (excludes halogenated alkanes) is 1. The zero-order valence-electron chi connectivity index (χ0n) is 20.8. The Bertz CT molecular complexity index is 1480. The van der Waals surface area contributed by atoms with Crippen LogP contribution < -0.4 is 4.74 Å². The SMILES string of the molecule is CCCCN1C(=O)C(=Cc2cn(-c3ccccc3)nc2-c2ccc(OCc3ccccc3F)cc2)SC1=S. The Kier molecular flexibility index (Phi) is 8.00. The highest BCUT2D eigenvalue weighted by molar-refractivity contribution is 8.26. The maximum absolute atomic E-state index is 13.9. The molecule has 1 fully saturated rings. The Morgan fingerprint density at radius 1 is 1.03 bits per heavy atom. The molecule has 2 heterocycles. The summed E-state index contributed by atoms with van der Waals surface area (Å²) in [7, 11) is 0. The van der Waals surface area contributed by atoms with E-state index in [0.717, 1.165) is 35.3 Å². The van der Waals surface area contributed by atoms with Gasteiger partial charge in [-0.2, -0.15) is 5.10 Å². The number of hydrogen-bond acceptors (Lipinski definition) is 5. The van der Waals surface area contributed by atoms with E-state index in [2.05, 4.69) is 6.92 Å². The number of ether oxygens (including phenoxy) is 1. The average Bonchev–Trinajstić information content (AvgIpc) is 3.48. The maximum atomic E-state index is 13.9. The fraction of sp³-hybridized carbons (Fsp3) is 0.167. The van der Waals surface area contributed by atoms with E-state index in [1.54, 1.807) is 23.1 Å². The van der Waals surface area contributed by atoms with E-state index in [1.807, 2.05) is 71.6 Å². The Balaban J connectivity index is 1.44. The average molecular weight is 544 g/mol. The standard InChI is InChI=1S/C30H26FN3O2S2/c1-2-3-17-33-29(35)27(38-30(33)37)18-23-19-34(24-10-5-4-6-11-24)32-28(23)21-13-15-25(16-14-21)36-20-22-9-7-8-12-26(22)31/h4-16,18-19H,2-3,17,20H2,1H3. The lowest BCUT2D eigenvalue weighted by Crippen LogP contribution is -2.28. The lowest BCUT2D eigenvalue weighted by molar-refractivity contribution is -0.122. The number of halogens is 1. The lowest BCUT2D eigenvalue weighted by Gasteiger charge is -2.12. The van der Waals surface area contributed by atoms with Gasteiger partial charge in [-0.25, -0.2) is 9.07 Å². The van der Waals surface area contributed by atoms with Crippen molar-refractivity contribution >= 4 is 40.3 Å². The summed E-state index contributed by atoms with van der Waals surface area (Å²) in [5.74, 6) is 0.266. The summed E-state index contributed by atoms with van der Waals surface area (Å²) in [5.41, 5.74) is 3.81. The van der Waals surface area contributed by atoms with E-state index in [4.69, 9.17) is 22.1 Å². The molecule has 5 rings (SSSR count). The largest absolute Gasteiger partial charge is 0.489 e. The van der Waals surface area contributed by atoms with Crippen molar-refractivity contribution in [3.63, 3.8) is 0 Å². The molecule has 1 amide bonds. The Labute approximate surface area is 230 Å². The number of benzene rings is 3. The minimum Gasteiger partial charge on any atom is -0.489 e. The molecule has 38 heavy (non-hydrogen) atoms. The summed E-state index contributed by atoms with van der Waals surface area (Å²) < 4.78 is 22.1. The molecule has 0 N–H and O–H groups in total. The van der Waals surface area contributed by atoms with Crippen LogP contribution in [0, 0.1) is 5.82 Å². The second-order valence-electron chi connectivity index (χ2n) is 8.80. The topological polar surface area (TPSA) is 47.4 Å². The third kappa shape index (κ3) is 5.71. The number of carbonyl (C=O) groups is 1. The smallest absolute Gasteiger partial charge is 0.266 e. The number of amides is 1. The van der Waals surface area contributed by atoms with Crippen molar-refractivity contribution in [1.82, 2.24) is 14.7 Å². The predicted octanol–water partition coefficient (Wildman–Crippen LogP) is 7.26. The van der Waals surface area contributed by atoms with Gasteiger partial charge >= 0.3 is 0 Å². The number of carbonyl (C=O) groups excluding carboxylic acids is 1. The summed E-state index contributed by atoms with van der Waals surface area (Å²) in [4.78, 5) is 15.4. The molecule has 0 atom stereocenters. The molecule has 0 unspecified atom stereocenters. The van der Waals surface area contributed by atoms with Gasteiger partial charge in [0.2, 0.25) is 0 Å². The quantitative estimate of drug-likeness (QED) is 0.164. The number of thioether (sulfide) groups is 1. The first-order valence-corrected chi connectivity index (χ1v) is 13.6. The zero-order chi connectivity index (χ0) is 26.5. The van der Waals surface area contributed by atoms with Gasteiger partial charge in [0.1, 0.15) is 22.5 Å². The van der Waals surface area contributed by atoms with Crippen molar-refractivity contribution in [3.05, 3.63) is 107 Å². The second kappa shape index (κ2) is 11.8. The molecule has 0 spiro atoms. The van der Waals surface area contributed by atoms with Gasteiger partial charge in [-0.3, -0.25) is 9.69 Å². The molecule has 0 radical (unpaired) electrons. The first-order valence-electron chi connectivity index (χ1n) is 12.4. The van der Waals surface area contributed by atoms with Gasteiger partial charge < -0.3 is 4.74 Å². The first kappa shape index (κ1) is 25.9. The molecule has 3 aromatic carbocycles. The van der Waals surface area contributed by atoms with Gasteiger partial charge in [-0.1, -0.05) is 73.7 Å². The van der Waals surface area contributed by atoms with Crippen LogP contribution in [0.3, 0.4) is 0 Å². The zero-order valence-corrected chi connectivity index (χ0v) is 22.5. The minimum atomic E-state index is -0.291. The highest BCUT2D eigenvalue weighted by Gasteiger charge is 2.31. The Hall–Kier alpha value is -3.75. The van der Waals surface area contributed by atoms with E-state index in [-0.39, 0.29) is 18.3 Å². The molecule has 0 bridgehead atoms. The van der Waals surface area contributed by atoms with Gasteiger partial charge in [-0.15, -0.1) is 0 Å². The number of aromatic nitrogens is 2. The van der Waals surface area contributed by atoms with Crippen molar-refractivity contribution in [2.24, 2.45) is 0 Å². The molecule has 192 valence electrons. The van der Waals surface area contributed by atoms with Crippen molar-refractivity contribution < 1.29 is 13.9 Å². The van der Waals surface area contributed by atoms with E-state index >= 15 is 0 Å². The summed E-state index contributed by atoms with van der Waals surface area (Å²) in [6.45, 7) is 2.86. The molecule has 1 aliphatic rings. The Morgan fingerprint density at radius 2 is 1.76 bits per heavy atom. The van der Waals surface area contributed by atoms with Gasteiger partial charge in [0.05, 0.1) is 16.3 Å². The van der Waals surface area contributed by atoms with Crippen molar-refractivity contribution in [2.75, 3.05) is 6.54 Å². The molecule has 1 aromatic heterocycles. The highest BCUT2D eigenvalue weighted by atomic mass is 32.2.